The van der Waals surface area contributed by atoms with E-state index in [0.717, 1.165) is 5.82 Å². The molecule has 0 bridgehead atoms. The minimum atomic E-state index is 0.539. The molecule has 1 fully saturated rings. The van der Waals surface area contributed by atoms with Crippen LogP contribution in [0.25, 0.3) is 5.82 Å². The fraction of sp³-hybridized carbons (Fsp3) is 0.471. The molecule has 3 heteroatoms. The molecule has 1 aliphatic heterocycles. The Hall–Kier alpha value is -1.61. The molecule has 0 unspecified atom stereocenters. The molecule has 1 atom stereocenters. The number of rotatable bonds is 2. The Bertz CT molecular complexity index is 563. The van der Waals surface area contributed by atoms with Gasteiger partial charge < -0.3 is 4.57 Å². The Morgan fingerprint density at radius 2 is 1.80 bits per heavy atom. The van der Waals surface area contributed by atoms with E-state index >= 15 is 0 Å². The Morgan fingerprint density at radius 3 is 2.40 bits per heavy atom. The summed E-state index contributed by atoms with van der Waals surface area (Å²) in [5, 5.41) is 0. The predicted octanol–water partition coefficient (Wildman–Crippen LogP) is 3.65. The van der Waals surface area contributed by atoms with Crippen molar-refractivity contribution in [3.63, 3.8) is 0 Å². The van der Waals surface area contributed by atoms with Gasteiger partial charge in [-0.1, -0.05) is 12.5 Å². The third-order valence-corrected chi connectivity index (χ3v) is 4.43. The van der Waals surface area contributed by atoms with E-state index in [1.54, 1.807) is 0 Å². The summed E-state index contributed by atoms with van der Waals surface area (Å²) < 4.78 is 2.20. The van der Waals surface area contributed by atoms with Crippen molar-refractivity contribution in [1.29, 1.82) is 0 Å². The quantitative estimate of drug-likeness (QED) is 0.830. The molecule has 0 aromatic carbocycles. The van der Waals surface area contributed by atoms with Gasteiger partial charge in [0, 0.05) is 23.6 Å². The average Bonchev–Trinajstić information content (AvgIpc) is 2.79. The van der Waals surface area contributed by atoms with Gasteiger partial charge in [-0.2, -0.15) is 0 Å². The zero-order chi connectivity index (χ0) is 14.1. The zero-order valence-electron chi connectivity index (χ0n) is 12.6. The van der Waals surface area contributed by atoms with Gasteiger partial charge in [0.05, 0.1) is 0 Å². The van der Waals surface area contributed by atoms with Crippen molar-refractivity contribution in [2.24, 2.45) is 0 Å². The van der Waals surface area contributed by atoms with Gasteiger partial charge in [-0.3, -0.25) is 4.90 Å². The van der Waals surface area contributed by atoms with E-state index in [9.17, 15) is 0 Å². The monoisotopic (exact) mass is 269 g/mol. The van der Waals surface area contributed by atoms with Gasteiger partial charge in [0.15, 0.2) is 0 Å². The van der Waals surface area contributed by atoms with Crippen LogP contribution in [0.3, 0.4) is 0 Å². The Balaban J connectivity index is 1.88. The fourth-order valence-electron chi connectivity index (χ4n) is 3.25. The number of likely N-dealkylation sites (tertiary alicyclic amines) is 1. The molecule has 3 nitrogen and oxygen atoms in total. The van der Waals surface area contributed by atoms with E-state index in [2.05, 4.69) is 65.8 Å². The van der Waals surface area contributed by atoms with E-state index in [1.807, 2.05) is 0 Å². The molecule has 0 spiro atoms. The highest BCUT2D eigenvalue weighted by molar-refractivity contribution is 5.33. The van der Waals surface area contributed by atoms with Crippen LogP contribution in [0, 0.1) is 13.8 Å². The van der Waals surface area contributed by atoms with E-state index in [1.165, 1.54) is 42.8 Å². The van der Waals surface area contributed by atoms with E-state index < -0.39 is 0 Å². The molecular formula is C17H23N3. The lowest BCUT2D eigenvalue weighted by atomic mass is 9.97. The number of nitrogens with zero attached hydrogens (tertiary/aromatic N) is 3. The van der Waals surface area contributed by atoms with Crippen molar-refractivity contribution >= 4 is 0 Å². The van der Waals surface area contributed by atoms with Gasteiger partial charge in [-0.25, -0.2) is 4.98 Å². The number of hydrogen-bond acceptors (Lipinski definition) is 2. The van der Waals surface area contributed by atoms with Crippen molar-refractivity contribution in [1.82, 2.24) is 14.5 Å². The van der Waals surface area contributed by atoms with Crippen molar-refractivity contribution in [2.45, 2.75) is 39.2 Å². The second-order valence-electron chi connectivity index (χ2n) is 5.89. The Kier molecular flexibility index (Phi) is 3.62. The van der Waals surface area contributed by atoms with Gasteiger partial charge in [-0.05, 0) is 64.0 Å². The summed E-state index contributed by atoms with van der Waals surface area (Å²) in [6.45, 7) is 5.44. The van der Waals surface area contributed by atoms with Crippen LogP contribution >= 0.6 is 0 Å². The van der Waals surface area contributed by atoms with Crippen LogP contribution in [0.5, 0.6) is 0 Å². The molecule has 1 aliphatic rings. The molecule has 20 heavy (non-hydrogen) atoms. The van der Waals surface area contributed by atoms with Crippen LogP contribution in [-0.2, 0) is 0 Å². The van der Waals surface area contributed by atoms with E-state index in [0.29, 0.717) is 6.04 Å². The average molecular weight is 269 g/mol. The molecule has 0 saturated carbocycles. The summed E-state index contributed by atoms with van der Waals surface area (Å²) in [5.74, 6) is 1.02. The SMILES string of the molecule is Cc1ccc(C)n1-c1ccc([C@H]2CCCCN2C)cn1. The predicted molar refractivity (Wildman–Crippen MR) is 82.3 cm³/mol. The van der Waals surface area contributed by atoms with Gasteiger partial charge in [0.1, 0.15) is 5.82 Å². The van der Waals surface area contributed by atoms with Crippen molar-refractivity contribution < 1.29 is 0 Å². The maximum absolute atomic E-state index is 4.69. The normalized spacial score (nSPS) is 20.2. The molecule has 1 saturated heterocycles. The van der Waals surface area contributed by atoms with Gasteiger partial charge in [0.25, 0.3) is 0 Å². The molecule has 2 aromatic heterocycles. The van der Waals surface area contributed by atoms with Crippen LogP contribution in [0.15, 0.2) is 30.5 Å². The molecule has 0 aliphatic carbocycles. The fourth-order valence-corrected chi connectivity index (χ4v) is 3.25. The van der Waals surface area contributed by atoms with E-state index in [-0.39, 0.29) is 0 Å². The van der Waals surface area contributed by atoms with Gasteiger partial charge >= 0.3 is 0 Å². The third-order valence-electron chi connectivity index (χ3n) is 4.43. The maximum atomic E-state index is 4.69. The van der Waals surface area contributed by atoms with Crippen molar-refractivity contribution in [3.05, 3.63) is 47.4 Å². The molecule has 106 valence electrons. The van der Waals surface area contributed by atoms with Gasteiger partial charge in [0.2, 0.25) is 0 Å². The highest BCUT2D eigenvalue weighted by Crippen LogP contribution is 2.29. The number of piperidine rings is 1. The van der Waals surface area contributed by atoms with Crippen LogP contribution in [0.1, 0.15) is 42.3 Å². The number of aryl methyl sites for hydroxylation is 2. The number of pyridine rings is 1. The largest absolute Gasteiger partial charge is 0.303 e. The summed E-state index contributed by atoms with van der Waals surface area (Å²) in [4.78, 5) is 7.14. The highest BCUT2D eigenvalue weighted by atomic mass is 15.1. The minimum Gasteiger partial charge on any atom is -0.303 e. The standard InChI is InChI=1S/C17H23N3/c1-13-7-8-14(2)20(13)17-10-9-15(12-18-17)16-6-4-5-11-19(16)3/h7-10,12,16H,4-6,11H2,1-3H3/t16-/m1/s1. The molecular weight excluding hydrogens is 246 g/mol. The molecule has 0 amide bonds. The van der Waals surface area contributed by atoms with Crippen molar-refractivity contribution in [2.75, 3.05) is 13.6 Å². The Morgan fingerprint density at radius 1 is 1.05 bits per heavy atom. The summed E-state index contributed by atoms with van der Waals surface area (Å²) in [5.41, 5.74) is 3.81. The number of hydrogen-bond donors (Lipinski definition) is 0. The summed E-state index contributed by atoms with van der Waals surface area (Å²) in [6, 6.07) is 9.21. The highest BCUT2D eigenvalue weighted by Gasteiger charge is 2.20. The first kappa shape index (κ1) is 13.4. The first-order valence-corrected chi connectivity index (χ1v) is 7.48. The van der Waals surface area contributed by atoms with Crippen LogP contribution in [0.4, 0.5) is 0 Å². The summed E-state index contributed by atoms with van der Waals surface area (Å²) >= 11 is 0. The summed E-state index contributed by atoms with van der Waals surface area (Å²) in [7, 11) is 2.22. The lowest BCUT2D eigenvalue weighted by molar-refractivity contribution is 0.187. The lowest BCUT2D eigenvalue weighted by Crippen LogP contribution is -2.29. The third kappa shape index (κ3) is 2.38. The second-order valence-corrected chi connectivity index (χ2v) is 5.89. The van der Waals surface area contributed by atoms with E-state index in [4.69, 9.17) is 0 Å². The topological polar surface area (TPSA) is 21.1 Å². The van der Waals surface area contributed by atoms with Gasteiger partial charge in [-0.15, -0.1) is 0 Å². The number of aromatic nitrogens is 2. The van der Waals surface area contributed by atoms with Crippen LogP contribution < -0.4 is 0 Å². The van der Waals surface area contributed by atoms with Crippen molar-refractivity contribution in [3.8, 4) is 5.82 Å². The molecule has 3 heterocycles. The Labute approximate surface area is 121 Å². The zero-order valence-corrected chi connectivity index (χ0v) is 12.6. The smallest absolute Gasteiger partial charge is 0.136 e. The van der Waals surface area contributed by atoms with Crippen LogP contribution in [-0.4, -0.2) is 28.0 Å². The minimum absolute atomic E-state index is 0.539. The molecule has 3 rings (SSSR count). The lowest BCUT2D eigenvalue weighted by Gasteiger charge is -2.32. The maximum Gasteiger partial charge on any atom is 0.136 e. The molecule has 0 radical (unpaired) electrons. The first-order chi connectivity index (χ1) is 9.66. The first-order valence-electron chi connectivity index (χ1n) is 7.48. The second kappa shape index (κ2) is 5.41. The molecule has 0 N–H and O–H groups in total. The molecule has 2 aromatic rings. The summed E-state index contributed by atoms with van der Waals surface area (Å²) in [6.07, 6.45) is 5.95. The van der Waals surface area contributed by atoms with Crippen LogP contribution in [0.2, 0.25) is 0 Å².